The SMILES string of the molecule is COc1cccc(OC(C)C(=O)N2CCCC2c2ncc3c(n2)CCN(C)C3)c1. The molecule has 2 aliphatic rings. The molecule has 0 spiro atoms. The van der Waals surface area contributed by atoms with Gasteiger partial charge in [-0.15, -0.1) is 0 Å². The van der Waals surface area contributed by atoms with Gasteiger partial charge >= 0.3 is 0 Å². The second kappa shape index (κ2) is 8.37. The molecule has 1 aromatic carbocycles. The van der Waals surface area contributed by atoms with E-state index in [0.717, 1.165) is 43.9 Å². The molecule has 0 bridgehead atoms. The van der Waals surface area contributed by atoms with Gasteiger partial charge in [0.2, 0.25) is 0 Å². The molecule has 2 unspecified atom stereocenters. The Kier molecular flexibility index (Phi) is 5.67. The third-order valence-corrected chi connectivity index (χ3v) is 5.68. The van der Waals surface area contributed by atoms with E-state index in [9.17, 15) is 4.79 Å². The van der Waals surface area contributed by atoms with Crippen LogP contribution in [-0.2, 0) is 17.8 Å². The molecule has 7 nitrogen and oxygen atoms in total. The lowest BCUT2D eigenvalue weighted by atomic mass is 10.1. The quantitative estimate of drug-likeness (QED) is 0.774. The number of likely N-dealkylation sites (N-methyl/N-ethyl adjacent to an activating group) is 1. The number of aromatic nitrogens is 2. The summed E-state index contributed by atoms with van der Waals surface area (Å²) in [5.41, 5.74) is 2.31. The highest BCUT2D eigenvalue weighted by atomic mass is 16.5. The fourth-order valence-corrected chi connectivity index (χ4v) is 4.09. The van der Waals surface area contributed by atoms with Crippen LogP contribution in [0.5, 0.6) is 11.5 Å². The summed E-state index contributed by atoms with van der Waals surface area (Å²) in [7, 11) is 3.72. The van der Waals surface area contributed by atoms with Crippen LogP contribution < -0.4 is 9.47 Å². The number of carbonyl (C=O) groups is 1. The van der Waals surface area contributed by atoms with E-state index in [1.807, 2.05) is 29.3 Å². The number of ether oxygens (including phenoxy) is 2. The third-order valence-electron chi connectivity index (χ3n) is 5.68. The van der Waals surface area contributed by atoms with Crippen LogP contribution in [0.15, 0.2) is 30.5 Å². The van der Waals surface area contributed by atoms with Crippen molar-refractivity contribution in [3.63, 3.8) is 0 Å². The van der Waals surface area contributed by atoms with Gasteiger partial charge in [0, 0.05) is 49.6 Å². The summed E-state index contributed by atoms with van der Waals surface area (Å²) < 4.78 is 11.1. The average Bonchev–Trinajstić information content (AvgIpc) is 3.22. The first kappa shape index (κ1) is 19.6. The van der Waals surface area contributed by atoms with Gasteiger partial charge in [0.1, 0.15) is 11.5 Å². The Morgan fingerprint density at radius 3 is 2.93 bits per heavy atom. The highest BCUT2D eigenvalue weighted by molar-refractivity contribution is 5.81. The molecular formula is C22H28N4O3. The highest BCUT2D eigenvalue weighted by Gasteiger charge is 2.35. The van der Waals surface area contributed by atoms with Gasteiger partial charge in [-0.2, -0.15) is 0 Å². The molecule has 1 aromatic heterocycles. The van der Waals surface area contributed by atoms with Crippen LogP contribution in [0, 0.1) is 0 Å². The summed E-state index contributed by atoms with van der Waals surface area (Å²) in [6.45, 7) is 4.38. The Bertz CT molecular complexity index is 888. The smallest absolute Gasteiger partial charge is 0.263 e. The van der Waals surface area contributed by atoms with Crippen molar-refractivity contribution in [2.75, 3.05) is 27.2 Å². The minimum absolute atomic E-state index is 0.0311. The zero-order chi connectivity index (χ0) is 20.4. The van der Waals surface area contributed by atoms with Gasteiger partial charge in [-0.3, -0.25) is 4.79 Å². The van der Waals surface area contributed by atoms with Crippen molar-refractivity contribution in [2.45, 2.75) is 44.9 Å². The molecule has 154 valence electrons. The molecule has 2 aliphatic heterocycles. The van der Waals surface area contributed by atoms with Crippen LogP contribution in [0.25, 0.3) is 0 Å². The van der Waals surface area contributed by atoms with Crippen molar-refractivity contribution >= 4 is 5.91 Å². The Balaban J connectivity index is 1.48. The Morgan fingerprint density at radius 1 is 1.28 bits per heavy atom. The summed E-state index contributed by atoms with van der Waals surface area (Å²) in [4.78, 5) is 26.7. The number of hydrogen-bond acceptors (Lipinski definition) is 6. The molecule has 2 aromatic rings. The Hall–Kier alpha value is -2.67. The van der Waals surface area contributed by atoms with Gasteiger partial charge in [-0.05, 0) is 38.9 Å². The van der Waals surface area contributed by atoms with E-state index >= 15 is 0 Å². The highest BCUT2D eigenvalue weighted by Crippen LogP contribution is 2.32. The number of likely N-dealkylation sites (tertiary alicyclic amines) is 1. The number of nitrogens with zero attached hydrogens (tertiary/aromatic N) is 4. The van der Waals surface area contributed by atoms with Crippen LogP contribution in [0.3, 0.4) is 0 Å². The molecule has 2 atom stereocenters. The molecule has 0 radical (unpaired) electrons. The predicted octanol–water partition coefficient (Wildman–Crippen LogP) is 2.60. The number of carbonyl (C=O) groups excluding carboxylic acids is 1. The Labute approximate surface area is 171 Å². The maximum Gasteiger partial charge on any atom is 0.263 e. The largest absolute Gasteiger partial charge is 0.497 e. The van der Waals surface area contributed by atoms with Gasteiger partial charge in [0.15, 0.2) is 11.9 Å². The van der Waals surface area contributed by atoms with E-state index in [1.54, 1.807) is 20.1 Å². The number of fused-ring (bicyclic) bond motifs is 1. The standard InChI is InChI=1S/C22H28N4O3/c1-15(29-18-7-4-6-17(12-18)28-3)22(27)26-10-5-8-20(26)21-23-13-16-14-25(2)11-9-19(16)24-21/h4,6-7,12-13,15,20H,5,8-11,14H2,1-3H3. The molecule has 4 rings (SSSR count). The summed E-state index contributed by atoms with van der Waals surface area (Å²) in [6, 6.07) is 7.24. The number of amides is 1. The summed E-state index contributed by atoms with van der Waals surface area (Å²) >= 11 is 0. The summed E-state index contributed by atoms with van der Waals surface area (Å²) in [5, 5.41) is 0. The van der Waals surface area contributed by atoms with Crippen molar-refractivity contribution in [3.8, 4) is 11.5 Å². The molecule has 29 heavy (non-hydrogen) atoms. The van der Waals surface area contributed by atoms with E-state index in [0.29, 0.717) is 18.0 Å². The fourth-order valence-electron chi connectivity index (χ4n) is 4.09. The van der Waals surface area contributed by atoms with Crippen molar-refractivity contribution in [1.82, 2.24) is 19.8 Å². The van der Waals surface area contributed by atoms with Crippen molar-refractivity contribution in [3.05, 3.63) is 47.5 Å². The van der Waals surface area contributed by atoms with Gasteiger partial charge < -0.3 is 19.3 Å². The maximum absolute atomic E-state index is 13.1. The molecule has 1 amide bonds. The van der Waals surface area contributed by atoms with Crippen LogP contribution in [0.1, 0.15) is 42.9 Å². The van der Waals surface area contributed by atoms with E-state index in [2.05, 4.69) is 16.9 Å². The fraction of sp³-hybridized carbons (Fsp3) is 0.500. The zero-order valence-electron chi connectivity index (χ0n) is 17.3. The molecule has 0 saturated carbocycles. The second-order valence-electron chi connectivity index (χ2n) is 7.82. The average molecular weight is 396 g/mol. The first-order valence-electron chi connectivity index (χ1n) is 10.2. The van der Waals surface area contributed by atoms with E-state index < -0.39 is 6.10 Å². The molecule has 3 heterocycles. The lowest BCUT2D eigenvalue weighted by Crippen LogP contribution is -2.40. The number of methoxy groups -OCH3 is 1. The van der Waals surface area contributed by atoms with Crippen LogP contribution in [0.4, 0.5) is 0 Å². The van der Waals surface area contributed by atoms with Crippen molar-refractivity contribution in [1.29, 1.82) is 0 Å². The monoisotopic (exact) mass is 396 g/mol. The van der Waals surface area contributed by atoms with Gasteiger partial charge in [0.05, 0.1) is 13.2 Å². The summed E-state index contributed by atoms with van der Waals surface area (Å²) in [6.07, 6.45) is 4.11. The molecule has 0 N–H and O–H groups in total. The number of hydrogen-bond donors (Lipinski definition) is 0. The van der Waals surface area contributed by atoms with Crippen molar-refractivity contribution < 1.29 is 14.3 Å². The molecule has 1 fully saturated rings. The minimum atomic E-state index is -0.589. The lowest BCUT2D eigenvalue weighted by Gasteiger charge is -2.28. The maximum atomic E-state index is 13.1. The first-order chi connectivity index (χ1) is 14.0. The van der Waals surface area contributed by atoms with Crippen LogP contribution in [0.2, 0.25) is 0 Å². The zero-order valence-corrected chi connectivity index (χ0v) is 17.3. The third kappa shape index (κ3) is 4.19. The number of benzene rings is 1. The van der Waals surface area contributed by atoms with Crippen LogP contribution in [-0.4, -0.2) is 59.0 Å². The van der Waals surface area contributed by atoms with Gasteiger partial charge in [-0.1, -0.05) is 6.07 Å². The normalized spacial score (nSPS) is 20.2. The number of rotatable bonds is 5. The molecule has 7 heteroatoms. The first-order valence-corrected chi connectivity index (χ1v) is 10.2. The van der Waals surface area contributed by atoms with E-state index in [1.165, 1.54) is 5.56 Å². The molecular weight excluding hydrogens is 368 g/mol. The molecule has 1 saturated heterocycles. The van der Waals surface area contributed by atoms with Gasteiger partial charge in [0.25, 0.3) is 5.91 Å². The predicted molar refractivity (Wildman–Crippen MR) is 109 cm³/mol. The van der Waals surface area contributed by atoms with Gasteiger partial charge in [-0.25, -0.2) is 9.97 Å². The van der Waals surface area contributed by atoms with E-state index in [-0.39, 0.29) is 11.9 Å². The lowest BCUT2D eigenvalue weighted by molar-refractivity contribution is -0.139. The van der Waals surface area contributed by atoms with Crippen LogP contribution >= 0.6 is 0 Å². The van der Waals surface area contributed by atoms with Crippen molar-refractivity contribution in [2.24, 2.45) is 0 Å². The minimum Gasteiger partial charge on any atom is -0.497 e. The van der Waals surface area contributed by atoms with E-state index in [4.69, 9.17) is 14.5 Å². The topological polar surface area (TPSA) is 67.8 Å². The second-order valence-corrected chi connectivity index (χ2v) is 7.82. The summed E-state index contributed by atoms with van der Waals surface area (Å²) in [5.74, 6) is 2.05. The molecule has 0 aliphatic carbocycles. The Morgan fingerprint density at radius 2 is 2.10 bits per heavy atom.